The van der Waals surface area contributed by atoms with Gasteiger partial charge in [0, 0.05) is 30.2 Å². The van der Waals surface area contributed by atoms with E-state index in [0.29, 0.717) is 10.6 Å². The van der Waals surface area contributed by atoms with Crippen LogP contribution >= 0.6 is 11.8 Å². The highest BCUT2D eigenvalue weighted by atomic mass is 32.2. The summed E-state index contributed by atoms with van der Waals surface area (Å²) in [6, 6.07) is 10.8. The first-order valence-corrected chi connectivity index (χ1v) is 9.90. The van der Waals surface area contributed by atoms with E-state index in [1.807, 2.05) is 0 Å². The second-order valence-corrected chi connectivity index (χ2v) is 8.51. The van der Waals surface area contributed by atoms with Crippen molar-refractivity contribution in [3.63, 3.8) is 0 Å². The summed E-state index contributed by atoms with van der Waals surface area (Å²) < 4.78 is 47.8. The first-order chi connectivity index (χ1) is 12.6. The summed E-state index contributed by atoms with van der Waals surface area (Å²) in [7, 11) is -1.42. The molecule has 0 aliphatic heterocycles. The fourth-order valence-electron chi connectivity index (χ4n) is 1.90. The van der Waals surface area contributed by atoms with Gasteiger partial charge in [-0.1, -0.05) is 0 Å². The van der Waals surface area contributed by atoms with Crippen LogP contribution in [0.3, 0.4) is 0 Å². The second kappa shape index (κ2) is 8.49. The van der Waals surface area contributed by atoms with Crippen molar-refractivity contribution >= 4 is 38.4 Å². The number of rotatable bonds is 5. The van der Waals surface area contributed by atoms with E-state index in [9.17, 15) is 26.8 Å². The number of benzene rings is 2. The van der Waals surface area contributed by atoms with Crippen LogP contribution in [0.15, 0.2) is 58.3 Å². The lowest BCUT2D eigenvalue weighted by Crippen LogP contribution is -2.16. The minimum atomic E-state index is -4.70. The Hall–Kier alpha value is -2.46. The van der Waals surface area contributed by atoms with Crippen molar-refractivity contribution in [1.82, 2.24) is 4.90 Å². The molecule has 0 saturated carbocycles. The molecule has 0 fully saturated rings. The van der Waals surface area contributed by atoms with Gasteiger partial charge in [-0.3, -0.25) is 9.59 Å². The first kappa shape index (κ1) is 20.8. The average molecular weight is 414 g/mol. The number of hydrogen-bond donors (Lipinski definition) is 1. The standard InChI is InChI=1S/C17H16F2N2O4S2/c1-21(2)17(23)26-13-7-5-12(6-8-13)20-15(22)11-3-9-14(10-4-11)27(24,25)16(18)19/h3-10,16H,1-2H3,(H,20,22). The molecule has 0 radical (unpaired) electrons. The maximum Gasteiger partial charge on any atom is 0.341 e. The number of carbonyl (C=O) groups is 2. The van der Waals surface area contributed by atoms with Gasteiger partial charge < -0.3 is 10.2 Å². The fraction of sp³-hybridized carbons (Fsp3) is 0.176. The van der Waals surface area contributed by atoms with Crippen molar-refractivity contribution in [2.75, 3.05) is 19.4 Å². The van der Waals surface area contributed by atoms with Gasteiger partial charge >= 0.3 is 5.76 Å². The van der Waals surface area contributed by atoms with E-state index in [-0.39, 0.29) is 10.8 Å². The van der Waals surface area contributed by atoms with Crippen LogP contribution in [0.2, 0.25) is 0 Å². The normalized spacial score (nSPS) is 11.3. The Labute approximate surface area is 159 Å². The zero-order valence-electron chi connectivity index (χ0n) is 14.3. The summed E-state index contributed by atoms with van der Waals surface area (Å²) in [5.74, 6) is -4.05. The van der Waals surface area contributed by atoms with Crippen molar-refractivity contribution in [2.45, 2.75) is 15.5 Å². The predicted molar refractivity (Wildman–Crippen MR) is 99.0 cm³/mol. The van der Waals surface area contributed by atoms with E-state index >= 15 is 0 Å². The van der Waals surface area contributed by atoms with Crippen LogP contribution in [0.25, 0.3) is 0 Å². The van der Waals surface area contributed by atoms with Crippen LogP contribution in [-0.2, 0) is 9.84 Å². The third-order valence-electron chi connectivity index (χ3n) is 3.36. The number of halogens is 2. The van der Waals surface area contributed by atoms with E-state index in [1.165, 1.54) is 4.90 Å². The Bertz CT molecular complexity index is 928. The van der Waals surface area contributed by atoms with Crippen LogP contribution in [0.1, 0.15) is 10.4 Å². The van der Waals surface area contributed by atoms with Crippen molar-refractivity contribution in [3.05, 3.63) is 54.1 Å². The largest absolute Gasteiger partial charge is 0.341 e. The number of thioether (sulfide) groups is 1. The Balaban J connectivity index is 2.06. The molecule has 27 heavy (non-hydrogen) atoms. The van der Waals surface area contributed by atoms with Gasteiger partial charge in [-0.2, -0.15) is 8.78 Å². The van der Waals surface area contributed by atoms with Gasteiger partial charge in [0.1, 0.15) is 0 Å². The minimum Gasteiger partial charge on any atom is -0.339 e. The molecule has 0 aliphatic rings. The van der Waals surface area contributed by atoms with Gasteiger partial charge in [0.15, 0.2) is 0 Å². The number of sulfone groups is 1. The summed E-state index contributed by atoms with van der Waals surface area (Å²) in [6.07, 6.45) is 0. The summed E-state index contributed by atoms with van der Waals surface area (Å²) >= 11 is 1.04. The highest BCUT2D eigenvalue weighted by Gasteiger charge is 2.26. The molecular formula is C17H16F2N2O4S2. The Morgan fingerprint density at radius 1 is 1.00 bits per heavy atom. The Morgan fingerprint density at radius 3 is 2.04 bits per heavy atom. The Morgan fingerprint density at radius 2 is 1.56 bits per heavy atom. The summed E-state index contributed by atoms with van der Waals surface area (Å²) in [6.45, 7) is 0. The zero-order valence-corrected chi connectivity index (χ0v) is 16.0. The number of nitrogens with one attached hydrogen (secondary N) is 1. The van der Waals surface area contributed by atoms with E-state index < -0.39 is 26.4 Å². The molecule has 0 saturated heterocycles. The lowest BCUT2D eigenvalue weighted by molar-refractivity contribution is 0.102. The number of nitrogens with zero attached hydrogens (tertiary/aromatic N) is 1. The molecule has 0 aliphatic carbocycles. The van der Waals surface area contributed by atoms with Crippen LogP contribution < -0.4 is 5.32 Å². The van der Waals surface area contributed by atoms with E-state index in [1.54, 1.807) is 38.4 Å². The molecule has 0 heterocycles. The molecule has 10 heteroatoms. The van der Waals surface area contributed by atoms with Gasteiger partial charge in [0.05, 0.1) is 4.90 Å². The van der Waals surface area contributed by atoms with Gasteiger partial charge in [0.2, 0.25) is 9.84 Å². The highest BCUT2D eigenvalue weighted by Crippen LogP contribution is 2.23. The number of carbonyl (C=O) groups excluding carboxylic acids is 2. The average Bonchev–Trinajstić information content (AvgIpc) is 2.63. The van der Waals surface area contributed by atoms with E-state index in [2.05, 4.69) is 5.32 Å². The predicted octanol–water partition coefficient (Wildman–Crippen LogP) is 3.71. The molecule has 2 aromatic rings. The highest BCUT2D eigenvalue weighted by molar-refractivity contribution is 8.13. The molecule has 0 atom stereocenters. The van der Waals surface area contributed by atoms with E-state index in [4.69, 9.17) is 0 Å². The van der Waals surface area contributed by atoms with Crippen LogP contribution in [0.4, 0.5) is 19.3 Å². The summed E-state index contributed by atoms with van der Waals surface area (Å²) in [5.41, 5.74) is 0.579. The van der Waals surface area contributed by atoms with Crippen LogP contribution in [0.5, 0.6) is 0 Å². The van der Waals surface area contributed by atoms with Crippen molar-refractivity contribution < 1.29 is 26.8 Å². The van der Waals surface area contributed by atoms with Crippen LogP contribution in [-0.4, -0.2) is 44.3 Å². The molecule has 0 spiro atoms. The minimum absolute atomic E-state index is 0.115. The molecule has 6 nitrogen and oxygen atoms in total. The summed E-state index contributed by atoms with van der Waals surface area (Å²) in [5, 5.41) is 2.47. The maximum absolute atomic E-state index is 12.5. The van der Waals surface area contributed by atoms with Crippen molar-refractivity contribution in [1.29, 1.82) is 0 Å². The van der Waals surface area contributed by atoms with Gasteiger partial charge in [0.25, 0.3) is 11.1 Å². The van der Waals surface area contributed by atoms with Gasteiger partial charge in [-0.25, -0.2) is 8.42 Å². The van der Waals surface area contributed by atoms with Crippen molar-refractivity contribution in [3.8, 4) is 0 Å². The molecule has 0 bridgehead atoms. The van der Waals surface area contributed by atoms with Gasteiger partial charge in [-0.15, -0.1) is 0 Å². The molecule has 2 amide bonds. The maximum atomic E-state index is 12.5. The number of amides is 2. The lowest BCUT2D eigenvalue weighted by Gasteiger charge is -2.10. The monoisotopic (exact) mass is 414 g/mol. The molecular weight excluding hydrogens is 398 g/mol. The molecule has 0 aromatic heterocycles. The SMILES string of the molecule is CN(C)C(=O)Sc1ccc(NC(=O)c2ccc(S(=O)(=O)C(F)F)cc2)cc1. The number of hydrogen-bond acceptors (Lipinski definition) is 5. The van der Waals surface area contributed by atoms with E-state index in [0.717, 1.165) is 36.0 Å². The molecule has 1 N–H and O–H groups in total. The van der Waals surface area contributed by atoms with Crippen LogP contribution in [0, 0.1) is 0 Å². The number of anilines is 1. The third-order valence-corrected chi connectivity index (χ3v) is 5.81. The second-order valence-electron chi connectivity index (χ2n) is 5.57. The molecule has 2 rings (SSSR count). The van der Waals surface area contributed by atoms with Crippen molar-refractivity contribution in [2.24, 2.45) is 0 Å². The first-order valence-electron chi connectivity index (χ1n) is 7.54. The summed E-state index contributed by atoms with van der Waals surface area (Å²) in [4.78, 5) is 25.4. The van der Waals surface area contributed by atoms with Gasteiger partial charge in [-0.05, 0) is 60.3 Å². The smallest absolute Gasteiger partial charge is 0.339 e. The topological polar surface area (TPSA) is 83.6 Å². The zero-order chi connectivity index (χ0) is 20.2. The third kappa shape index (κ3) is 5.27. The molecule has 0 unspecified atom stereocenters. The molecule has 2 aromatic carbocycles. The molecule has 144 valence electrons. The lowest BCUT2D eigenvalue weighted by atomic mass is 10.2. The number of alkyl halides is 2. The quantitative estimate of drug-likeness (QED) is 0.754. The Kier molecular flexibility index (Phi) is 6.55. The fourth-order valence-corrected chi connectivity index (χ4v) is 3.28.